The Balaban J connectivity index is 2.67. The predicted octanol–water partition coefficient (Wildman–Crippen LogP) is 3.58. The Morgan fingerprint density at radius 2 is 1.79 bits per heavy atom. The van der Waals surface area contributed by atoms with Gasteiger partial charge >= 0.3 is 0 Å². The van der Waals surface area contributed by atoms with Gasteiger partial charge in [-0.15, -0.1) is 0 Å². The van der Waals surface area contributed by atoms with Crippen LogP contribution in [0.2, 0.25) is 0 Å². The largest absolute Gasteiger partial charge is 0.329 e. The Bertz CT molecular complexity index is 369. The molecule has 0 aliphatic carbocycles. The van der Waals surface area contributed by atoms with E-state index in [0.717, 1.165) is 18.9 Å². The molecule has 19 heavy (non-hydrogen) atoms. The summed E-state index contributed by atoms with van der Waals surface area (Å²) in [4.78, 5) is 2.40. The molecular weight excluding hydrogens is 232 g/mol. The Hall–Kier alpha value is -0.860. The fourth-order valence-corrected chi connectivity index (χ4v) is 2.21. The molecule has 0 heterocycles. The van der Waals surface area contributed by atoms with Crippen molar-refractivity contribution in [2.75, 3.05) is 13.6 Å². The Morgan fingerprint density at radius 3 is 2.26 bits per heavy atom. The van der Waals surface area contributed by atoms with Crippen molar-refractivity contribution in [3.63, 3.8) is 0 Å². The van der Waals surface area contributed by atoms with Crippen LogP contribution in [0, 0.1) is 12.8 Å². The highest BCUT2D eigenvalue weighted by Gasteiger charge is 2.27. The molecule has 0 aromatic heterocycles. The maximum atomic E-state index is 6.03. The van der Waals surface area contributed by atoms with Crippen LogP contribution in [-0.2, 0) is 6.54 Å². The molecule has 0 radical (unpaired) electrons. The fourth-order valence-electron chi connectivity index (χ4n) is 2.21. The van der Waals surface area contributed by atoms with Crippen molar-refractivity contribution >= 4 is 0 Å². The molecule has 0 aliphatic heterocycles. The lowest BCUT2D eigenvalue weighted by Gasteiger charge is -2.39. The molecule has 2 N–H and O–H groups in total. The van der Waals surface area contributed by atoms with Crippen molar-refractivity contribution in [2.45, 2.75) is 52.6 Å². The molecule has 0 saturated heterocycles. The molecule has 0 fully saturated rings. The van der Waals surface area contributed by atoms with Crippen molar-refractivity contribution in [3.8, 4) is 0 Å². The molecule has 1 aromatic carbocycles. The minimum atomic E-state index is 0.0924. The first-order chi connectivity index (χ1) is 8.87. The minimum absolute atomic E-state index is 0.0924. The van der Waals surface area contributed by atoms with Gasteiger partial charge in [0.1, 0.15) is 0 Å². The van der Waals surface area contributed by atoms with Crippen LogP contribution >= 0.6 is 0 Å². The molecule has 0 spiro atoms. The van der Waals surface area contributed by atoms with Crippen LogP contribution in [0.15, 0.2) is 24.3 Å². The summed E-state index contributed by atoms with van der Waals surface area (Å²) in [5.41, 5.74) is 8.79. The van der Waals surface area contributed by atoms with Gasteiger partial charge < -0.3 is 5.73 Å². The number of likely N-dealkylation sites (N-methyl/N-ethyl adjacent to an activating group) is 1. The van der Waals surface area contributed by atoms with Gasteiger partial charge in [0.05, 0.1) is 0 Å². The number of aryl methyl sites for hydroxylation is 1. The SMILES string of the molecule is Cc1ccc(CN(C)C(C)(CN)CCC(C)C)cc1. The monoisotopic (exact) mass is 262 g/mol. The van der Waals surface area contributed by atoms with Gasteiger partial charge in [0.25, 0.3) is 0 Å². The van der Waals surface area contributed by atoms with Crippen LogP contribution in [0.1, 0.15) is 44.7 Å². The smallest absolute Gasteiger partial charge is 0.0304 e. The van der Waals surface area contributed by atoms with E-state index in [0.29, 0.717) is 6.54 Å². The van der Waals surface area contributed by atoms with Crippen molar-refractivity contribution in [1.29, 1.82) is 0 Å². The molecule has 1 atom stereocenters. The van der Waals surface area contributed by atoms with Crippen molar-refractivity contribution in [3.05, 3.63) is 35.4 Å². The maximum Gasteiger partial charge on any atom is 0.0304 e. The number of nitrogens with zero attached hydrogens (tertiary/aromatic N) is 1. The van der Waals surface area contributed by atoms with E-state index in [1.54, 1.807) is 0 Å². The molecule has 1 rings (SSSR count). The molecule has 0 aliphatic rings. The van der Waals surface area contributed by atoms with E-state index in [-0.39, 0.29) is 5.54 Å². The van der Waals surface area contributed by atoms with E-state index in [1.165, 1.54) is 17.5 Å². The molecule has 1 unspecified atom stereocenters. The molecule has 0 saturated carbocycles. The first kappa shape index (κ1) is 16.2. The third-order valence-corrected chi connectivity index (χ3v) is 4.16. The lowest BCUT2D eigenvalue weighted by Crippen LogP contribution is -2.49. The Morgan fingerprint density at radius 1 is 1.21 bits per heavy atom. The summed E-state index contributed by atoms with van der Waals surface area (Å²) < 4.78 is 0. The lowest BCUT2D eigenvalue weighted by atomic mass is 9.90. The summed E-state index contributed by atoms with van der Waals surface area (Å²) in [6, 6.07) is 8.78. The van der Waals surface area contributed by atoms with Crippen molar-refractivity contribution < 1.29 is 0 Å². The predicted molar refractivity (Wildman–Crippen MR) is 84.2 cm³/mol. The molecule has 2 heteroatoms. The zero-order valence-corrected chi connectivity index (χ0v) is 13.2. The number of hydrogen-bond donors (Lipinski definition) is 1. The van der Waals surface area contributed by atoms with Crippen molar-refractivity contribution in [1.82, 2.24) is 4.90 Å². The average molecular weight is 262 g/mol. The van der Waals surface area contributed by atoms with Crippen LogP contribution in [0.5, 0.6) is 0 Å². The van der Waals surface area contributed by atoms with Crippen LogP contribution in [0.4, 0.5) is 0 Å². The van der Waals surface area contributed by atoms with Crippen LogP contribution in [-0.4, -0.2) is 24.0 Å². The van der Waals surface area contributed by atoms with Crippen LogP contribution < -0.4 is 5.73 Å². The lowest BCUT2D eigenvalue weighted by molar-refractivity contribution is 0.119. The first-order valence-electron chi connectivity index (χ1n) is 7.34. The van der Waals surface area contributed by atoms with E-state index in [1.807, 2.05) is 0 Å². The molecule has 0 amide bonds. The van der Waals surface area contributed by atoms with E-state index < -0.39 is 0 Å². The summed E-state index contributed by atoms with van der Waals surface area (Å²) in [5, 5.41) is 0. The second-order valence-electron chi connectivity index (χ2n) is 6.48. The van der Waals surface area contributed by atoms with Gasteiger partial charge in [-0.2, -0.15) is 0 Å². The number of rotatable bonds is 7. The summed E-state index contributed by atoms with van der Waals surface area (Å²) in [6.45, 7) is 10.6. The van der Waals surface area contributed by atoms with Gasteiger partial charge in [-0.3, -0.25) is 4.90 Å². The van der Waals surface area contributed by atoms with E-state index in [2.05, 4.69) is 63.9 Å². The summed E-state index contributed by atoms with van der Waals surface area (Å²) >= 11 is 0. The second kappa shape index (κ2) is 7.06. The van der Waals surface area contributed by atoms with E-state index in [9.17, 15) is 0 Å². The van der Waals surface area contributed by atoms with Gasteiger partial charge in [-0.1, -0.05) is 43.7 Å². The highest BCUT2D eigenvalue weighted by atomic mass is 15.2. The summed E-state index contributed by atoms with van der Waals surface area (Å²) in [6.07, 6.45) is 2.38. The molecule has 2 nitrogen and oxygen atoms in total. The Kier molecular flexibility index (Phi) is 6.02. The van der Waals surface area contributed by atoms with Crippen molar-refractivity contribution in [2.24, 2.45) is 11.7 Å². The molecular formula is C17H30N2. The third kappa shape index (κ3) is 4.96. The normalized spacial score (nSPS) is 14.9. The van der Waals surface area contributed by atoms with E-state index in [4.69, 9.17) is 5.73 Å². The summed E-state index contributed by atoms with van der Waals surface area (Å²) in [7, 11) is 2.19. The maximum absolute atomic E-state index is 6.03. The number of benzene rings is 1. The standard InChI is InChI=1S/C17H30N2/c1-14(2)10-11-17(4,13-18)19(5)12-16-8-6-15(3)7-9-16/h6-9,14H,10-13,18H2,1-5H3. The average Bonchev–Trinajstić information content (AvgIpc) is 2.38. The minimum Gasteiger partial charge on any atom is -0.329 e. The fraction of sp³-hybridized carbons (Fsp3) is 0.647. The highest BCUT2D eigenvalue weighted by Crippen LogP contribution is 2.23. The van der Waals surface area contributed by atoms with Crippen LogP contribution in [0.25, 0.3) is 0 Å². The van der Waals surface area contributed by atoms with Gasteiger partial charge in [0, 0.05) is 18.6 Å². The highest BCUT2D eigenvalue weighted by molar-refractivity contribution is 5.21. The molecule has 1 aromatic rings. The first-order valence-corrected chi connectivity index (χ1v) is 7.34. The number of hydrogen-bond acceptors (Lipinski definition) is 2. The number of nitrogens with two attached hydrogens (primary N) is 1. The zero-order valence-electron chi connectivity index (χ0n) is 13.2. The third-order valence-electron chi connectivity index (χ3n) is 4.16. The van der Waals surface area contributed by atoms with Gasteiger partial charge in [-0.05, 0) is 45.2 Å². The second-order valence-corrected chi connectivity index (χ2v) is 6.48. The van der Waals surface area contributed by atoms with Gasteiger partial charge in [0.2, 0.25) is 0 Å². The Labute approximate surface area is 119 Å². The van der Waals surface area contributed by atoms with E-state index >= 15 is 0 Å². The molecule has 0 bridgehead atoms. The van der Waals surface area contributed by atoms with Gasteiger partial charge in [0.15, 0.2) is 0 Å². The van der Waals surface area contributed by atoms with Crippen LogP contribution in [0.3, 0.4) is 0 Å². The topological polar surface area (TPSA) is 29.3 Å². The molecule has 108 valence electrons. The zero-order chi connectivity index (χ0) is 14.5. The van der Waals surface area contributed by atoms with Gasteiger partial charge in [-0.25, -0.2) is 0 Å². The summed E-state index contributed by atoms with van der Waals surface area (Å²) in [5.74, 6) is 0.735. The quantitative estimate of drug-likeness (QED) is 0.814.